The Hall–Kier alpha value is -0.770. The quantitative estimate of drug-likeness (QED) is 0.290. The second kappa shape index (κ2) is 11.0. The van der Waals surface area contributed by atoms with Crippen molar-refractivity contribution in [1.82, 2.24) is 0 Å². The van der Waals surface area contributed by atoms with Crippen molar-refractivity contribution >= 4 is 5.97 Å². The van der Waals surface area contributed by atoms with Gasteiger partial charge in [0.25, 0.3) is 0 Å². The number of carbonyl (C=O) groups excluding carboxylic acids is 1. The average Bonchev–Trinajstić information content (AvgIpc) is 2.51. The number of ether oxygens (including phenoxy) is 1. The molecular formula is C16H34O8. The van der Waals surface area contributed by atoms with Gasteiger partial charge >= 0.3 is 5.97 Å². The molecule has 24 heavy (non-hydrogen) atoms. The lowest BCUT2D eigenvalue weighted by Gasteiger charge is -2.29. The Balaban J connectivity index is 0. The van der Waals surface area contributed by atoms with Crippen LogP contribution in [0.1, 0.15) is 75.2 Å². The number of hydrogen-bond donors (Lipinski definition) is 2. The molecule has 0 aromatic rings. The summed E-state index contributed by atoms with van der Waals surface area (Å²) < 4.78 is 5.06. The summed E-state index contributed by atoms with van der Waals surface area (Å²) in [6.45, 7) is 15.7. The van der Waals surface area contributed by atoms with E-state index in [2.05, 4.69) is 9.78 Å². The fourth-order valence-electron chi connectivity index (χ4n) is 0.873. The lowest BCUT2D eigenvalue weighted by molar-refractivity contribution is -0.566. The molecule has 2 atom stereocenters. The smallest absolute Gasteiger partial charge is 0.308 e. The summed E-state index contributed by atoms with van der Waals surface area (Å²) in [5, 5.41) is 17.0. The average molecular weight is 354 g/mol. The molecule has 0 aromatic heterocycles. The summed E-state index contributed by atoms with van der Waals surface area (Å²) in [5.41, 5.74) is -0.346. The van der Waals surface area contributed by atoms with Gasteiger partial charge in [0, 0.05) is 12.8 Å². The highest BCUT2D eigenvalue weighted by Gasteiger charge is 2.33. The molecule has 8 heteroatoms. The minimum Gasteiger partial charge on any atom is -0.460 e. The second-order valence-corrected chi connectivity index (χ2v) is 7.01. The van der Waals surface area contributed by atoms with Gasteiger partial charge in [-0.25, -0.2) is 20.3 Å². The van der Waals surface area contributed by atoms with Crippen molar-refractivity contribution in [1.29, 1.82) is 0 Å². The van der Waals surface area contributed by atoms with E-state index < -0.39 is 11.6 Å². The van der Waals surface area contributed by atoms with Gasteiger partial charge in [-0.15, -0.1) is 0 Å². The van der Waals surface area contributed by atoms with Gasteiger partial charge in [-0.3, -0.25) is 4.79 Å². The second-order valence-electron chi connectivity index (χ2n) is 7.01. The van der Waals surface area contributed by atoms with Gasteiger partial charge in [-0.1, -0.05) is 27.7 Å². The van der Waals surface area contributed by atoms with Gasteiger partial charge < -0.3 is 4.74 Å². The summed E-state index contributed by atoms with van der Waals surface area (Å²) in [4.78, 5) is 28.7. The fourth-order valence-corrected chi connectivity index (χ4v) is 0.873. The van der Waals surface area contributed by atoms with Crippen LogP contribution in [0.25, 0.3) is 0 Å². The van der Waals surface area contributed by atoms with Crippen LogP contribution in [0.4, 0.5) is 0 Å². The topological polar surface area (TPSA) is 104 Å². The molecule has 0 heterocycles. The Kier molecular flexibility index (Phi) is 11.6. The molecule has 2 unspecified atom stereocenters. The summed E-state index contributed by atoms with van der Waals surface area (Å²) in [5.74, 6) is -2.70. The fraction of sp³-hybridized carbons (Fsp3) is 0.938. The van der Waals surface area contributed by atoms with Crippen LogP contribution < -0.4 is 0 Å². The lowest BCUT2D eigenvalue weighted by atomic mass is 10.1. The first-order valence-corrected chi connectivity index (χ1v) is 8.03. The molecule has 146 valence electrons. The molecule has 2 N–H and O–H groups in total. The number of carbonyl (C=O) groups is 1. The zero-order chi connectivity index (χ0) is 19.6. The molecule has 0 bridgehead atoms. The van der Waals surface area contributed by atoms with E-state index in [1.165, 1.54) is 13.8 Å². The van der Waals surface area contributed by atoms with E-state index in [0.29, 0.717) is 12.8 Å². The van der Waals surface area contributed by atoms with Crippen LogP contribution in [0.2, 0.25) is 0 Å². The van der Waals surface area contributed by atoms with E-state index in [9.17, 15) is 4.79 Å². The highest BCUT2D eigenvalue weighted by atomic mass is 17.3. The van der Waals surface area contributed by atoms with E-state index >= 15 is 0 Å². The molecule has 0 amide bonds. The van der Waals surface area contributed by atoms with Crippen molar-refractivity contribution in [3.8, 4) is 0 Å². The molecule has 0 aromatic carbocycles. The minimum absolute atomic E-state index is 0.0285. The number of hydrogen-bond acceptors (Lipinski definition) is 8. The Morgan fingerprint density at radius 2 is 1.21 bits per heavy atom. The van der Waals surface area contributed by atoms with E-state index in [1.807, 2.05) is 34.6 Å². The van der Waals surface area contributed by atoms with Gasteiger partial charge in [0.2, 0.25) is 11.6 Å². The van der Waals surface area contributed by atoms with E-state index in [-0.39, 0.29) is 17.5 Å². The first-order chi connectivity index (χ1) is 10.8. The maximum absolute atomic E-state index is 10.9. The molecule has 8 nitrogen and oxygen atoms in total. The van der Waals surface area contributed by atoms with E-state index in [0.717, 1.165) is 0 Å². The molecule has 0 rings (SSSR count). The first-order valence-electron chi connectivity index (χ1n) is 8.03. The largest absolute Gasteiger partial charge is 0.460 e. The lowest BCUT2D eigenvalue weighted by Crippen LogP contribution is -2.38. The van der Waals surface area contributed by atoms with Crippen LogP contribution in [0.3, 0.4) is 0 Å². The van der Waals surface area contributed by atoms with Gasteiger partial charge in [0.15, 0.2) is 0 Å². The van der Waals surface area contributed by atoms with Crippen LogP contribution in [0.15, 0.2) is 0 Å². The maximum atomic E-state index is 10.9. The standard InChI is InChI=1S/C8H18O6.C8H16O2/c1-5-7(3,11-9)13-14-8(4,6-2)12-10;1-6(2)7(9)10-8(3,4)5/h9-10H,5-6H2,1-4H3;6H,1-5H3. The van der Waals surface area contributed by atoms with Crippen LogP contribution in [-0.4, -0.2) is 33.7 Å². The highest BCUT2D eigenvalue weighted by Crippen LogP contribution is 2.23. The van der Waals surface area contributed by atoms with Crippen molar-refractivity contribution in [2.24, 2.45) is 5.92 Å². The predicted octanol–water partition coefficient (Wildman–Crippen LogP) is 4.15. The SMILES string of the molecule is CC(C)C(=O)OC(C)(C)C.CCC(C)(OO)OOC(C)(CC)OO. The van der Waals surface area contributed by atoms with Crippen LogP contribution >= 0.6 is 0 Å². The summed E-state index contributed by atoms with van der Waals surface area (Å²) in [6.07, 6.45) is 0.740. The van der Waals surface area contributed by atoms with Crippen LogP contribution in [0.5, 0.6) is 0 Å². The zero-order valence-corrected chi connectivity index (χ0v) is 16.3. The Morgan fingerprint density at radius 1 is 0.875 bits per heavy atom. The number of rotatable bonds is 8. The Morgan fingerprint density at radius 3 is 1.33 bits per heavy atom. The molecular weight excluding hydrogens is 320 g/mol. The van der Waals surface area contributed by atoms with Crippen molar-refractivity contribution in [3.05, 3.63) is 0 Å². The summed E-state index contributed by atoms with van der Waals surface area (Å²) in [7, 11) is 0. The molecule has 0 saturated heterocycles. The molecule has 0 fully saturated rings. The maximum Gasteiger partial charge on any atom is 0.308 e. The Bertz CT molecular complexity index is 322. The van der Waals surface area contributed by atoms with Crippen molar-refractivity contribution in [3.63, 3.8) is 0 Å². The third kappa shape index (κ3) is 11.7. The van der Waals surface area contributed by atoms with Gasteiger partial charge in [0.1, 0.15) is 5.60 Å². The summed E-state index contributed by atoms with van der Waals surface area (Å²) >= 11 is 0. The van der Waals surface area contributed by atoms with Gasteiger partial charge in [0.05, 0.1) is 5.92 Å². The van der Waals surface area contributed by atoms with Crippen LogP contribution in [-0.2, 0) is 29.1 Å². The van der Waals surface area contributed by atoms with Crippen molar-refractivity contribution < 1.29 is 39.6 Å². The highest BCUT2D eigenvalue weighted by molar-refractivity contribution is 5.71. The molecule has 0 saturated carbocycles. The molecule has 0 aliphatic heterocycles. The van der Waals surface area contributed by atoms with Crippen LogP contribution in [0, 0.1) is 5.92 Å². The van der Waals surface area contributed by atoms with Gasteiger partial charge in [-0.2, -0.15) is 9.78 Å². The molecule has 0 aliphatic carbocycles. The molecule has 0 spiro atoms. The zero-order valence-electron chi connectivity index (χ0n) is 16.3. The normalized spacial score (nSPS) is 16.7. The third-order valence-electron chi connectivity index (χ3n) is 2.94. The van der Waals surface area contributed by atoms with E-state index in [1.54, 1.807) is 13.8 Å². The van der Waals surface area contributed by atoms with Gasteiger partial charge in [-0.05, 0) is 34.6 Å². The van der Waals surface area contributed by atoms with Crippen molar-refractivity contribution in [2.75, 3.05) is 0 Å². The minimum atomic E-state index is -1.27. The third-order valence-corrected chi connectivity index (χ3v) is 2.94. The Labute approximate surface area is 144 Å². The molecule has 0 radical (unpaired) electrons. The first kappa shape index (κ1) is 25.5. The summed E-state index contributed by atoms with van der Waals surface area (Å²) in [6, 6.07) is 0. The van der Waals surface area contributed by atoms with Crippen molar-refractivity contribution in [2.45, 2.75) is 92.3 Å². The predicted molar refractivity (Wildman–Crippen MR) is 87.7 cm³/mol. The monoisotopic (exact) mass is 354 g/mol. The van der Waals surface area contributed by atoms with E-state index in [4.69, 9.17) is 25.0 Å². The number of esters is 1. The molecule has 0 aliphatic rings.